The summed E-state index contributed by atoms with van der Waals surface area (Å²) in [7, 11) is 2.19. The summed E-state index contributed by atoms with van der Waals surface area (Å²) in [5.41, 5.74) is 0.849. The first-order valence-corrected chi connectivity index (χ1v) is 7.10. The van der Waals surface area contributed by atoms with Crippen LogP contribution in [0, 0.1) is 0 Å². The van der Waals surface area contributed by atoms with Crippen molar-refractivity contribution in [1.82, 2.24) is 14.9 Å². The average Bonchev–Trinajstić information content (AvgIpc) is 2.60. The van der Waals surface area contributed by atoms with Crippen molar-refractivity contribution < 1.29 is 0 Å². The van der Waals surface area contributed by atoms with Crippen LogP contribution in [0.1, 0.15) is 25.5 Å². The van der Waals surface area contributed by atoms with Gasteiger partial charge in [-0.25, -0.2) is 4.98 Å². The van der Waals surface area contributed by atoms with E-state index in [0.717, 1.165) is 37.6 Å². The summed E-state index contributed by atoms with van der Waals surface area (Å²) in [5, 5.41) is 0. The Balaban J connectivity index is 2.22. The summed E-state index contributed by atoms with van der Waals surface area (Å²) < 4.78 is 0. The second kappa shape index (κ2) is 6.34. The monoisotopic (exact) mass is 268 g/mol. The van der Waals surface area contributed by atoms with Gasteiger partial charge in [-0.3, -0.25) is 4.98 Å². The fourth-order valence-electron chi connectivity index (χ4n) is 2.49. The Morgan fingerprint density at radius 1 is 1.39 bits per heavy atom. The molecule has 0 radical (unpaired) electrons. The second-order valence-corrected chi connectivity index (χ2v) is 5.14. The van der Waals surface area contributed by atoms with Gasteiger partial charge in [0.25, 0.3) is 0 Å². The number of hydrogen-bond acceptors (Lipinski definition) is 4. The zero-order chi connectivity index (χ0) is 13.0. The number of halogens is 1. The molecule has 1 aliphatic rings. The molecule has 0 aliphatic carbocycles. The number of rotatable bonds is 3. The molecule has 1 saturated heterocycles. The number of likely N-dealkylation sites (N-methyl/N-ethyl adjacent to an activating group) is 1. The maximum Gasteiger partial charge on any atom is 0.147 e. The van der Waals surface area contributed by atoms with Gasteiger partial charge in [0.05, 0.1) is 17.8 Å². The Hall–Kier alpha value is -0.870. The van der Waals surface area contributed by atoms with Gasteiger partial charge in [0.15, 0.2) is 0 Å². The molecule has 0 N–H and O–H groups in total. The van der Waals surface area contributed by atoms with Crippen molar-refractivity contribution in [2.75, 3.05) is 31.6 Å². The molecule has 1 fully saturated rings. The van der Waals surface area contributed by atoms with Crippen molar-refractivity contribution in [3.05, 3.63) is 18.1 Å². The van der Waals surface area contributed by atoms with E-state index in [1.54, 1.807) is 6.20 Å². The lowest BCUT2D eigenvalue weighted by Gasteiger charge is -2.31. The molecule has 4 nitrogen and oxygen atoms in total. The SMILES string of the molecule is CCC1CN(C)CCCN1c1cncc(CCl)n1. The van der Waals surface area contributed by atoms with Gasteiger partial charge in [0, 0.05) is 25.3 Å². The van der Waals surface area contributed by atoms with Crippen LogP contribution in [-0.4, -0.2) is 47.6 Å². The molecule has 0 bridgehead atoms. The Morgan fingerprint density at radius 3 is 2.94 bits per heavy atom. The van der Waals surface area contributed by atoms with Crippen molar-refractivity contribution in [3.8, 4) is 0 Å². The van der Waals surface area contributed by atoms with Gasteiger partial charge in [-0.05, 0) is 26.4 Å². The van der Waals surface area contributed by atoms with E-state index in [-0.39, 0.29) is 0 Å². The van der Waals surface area contributed by atoms with Gasteiger partial charge in [0.1, 0.15) is 5.82 Å². The smallest absolute Gasteiger partial charge is 0.147 e. The van der Waals surface area contributed by atoms with Crippen LogP contribution in [0.4, 0.5) is 5.82 Å². The number of anilines is 1. The summed E-state index contributed by atoms with van der Waals surface area (Å²) in [6.45, 7) is 5.51. The molecule has 1 unspecified atom stereocenters. The highest BCUT2D eigenvalue weighted by molar-refractivity contribution is 6.16. The van der Waals surface area contributed by atoms with Crippen LogP contribution in [0.15, 0.2) is 12.4 Å². The van der Waals surface area contributed by atoms with E-state index in [4.69, 9.17) is 11.6 Å². The summed E-state index contributed by atoms with van der Waals surface area (Å²) in [5.74, 6) is 1.39. The highest BCUT2D eigenvalue weighted by Crippen LogP contribution is 2.19. The summed E-state index contributed by atoms with van der Waals surface area (Å²) in [6, 6.07) is 0.511. The molecule has 18 heavy (non-hydrogen) atoms. The normalized spacial score (nSPS) is 21.9. The Morgan fingerprint density at radius 2 is 2.22 bits per heavy atom. The molecular weight excluding hydrogens is 248 g/mol. The van der Waals surface area contributed by atoms with Crippen LogP contribution < -0.4 is 4.90 Å². The van der Waals surface area contributed by atoms with E-state index in [1.807, 2.05) is 6.20 Å². The highest BCUT2D eigenvalue weighted by Gasteiger charge is 2.23. The molecule has 100 valence electrons. The molecule has 1 aliphatic heterocycles. The molecule has 0 saturated carbocycles. The quantitative estimate of drug-likeness (QED) is 0.787. The molecule has 1 atom stereocenters. The van der Waals surface area contributed by atoms with Crippen LogP contribution in [0.5, 0.6) is 0 Å². The van der Waals surface area contributed by atoms with E-state index >= 15 is 0 Å². The number of hydrogen-bond donors (Lipinski definition) is 0. The van der Waals surface area contributed by atoms with Crippen LogP contribution >= 0.6 is 11.6 Å². The van der Waals surface area contributed by atoms with Crippen molar-refractivity contribution >= 4 is 17.4 Å². The lowest BCUT2D eigenvalue weighted by atomic mass is 10.2. The van der Waals surface area contributed by atoms with Gasteiger partial charge in [-0.1, -0.05) is 6.92 Å². The van der Waals surface area contributed by atoms with Gasteiger partial charge < -0.3 is 9.80 Å². The van der Waals surface area contributed by atoms with Crippen molar-refractivity contribution in [2.45, 2.75) is 31.7 Å². The molecule has 5 heteroatoms. The predicted molar refractivity (Wildman–Crippen MR) is 75.1 cm³/mol. The second-order valence-electron chi connectivity index (χ2n) is 4.87. The highest BCUT2D eigenvalue weighted by atomic mass is 35.5. The molecule has 0 amide bonds. The first-order valence-electron chi connectivity index (χ1n) is 6.56. The maximum atomic E-state index is 5.83. The third kappa shape index (κ3) is 3.12. The van der Waals surface area contributed by atoms with E-state index < -0.39 is 0 Å². The Labute approximate surface area is 114 Å². The van der Waals surface area contributed by atoms with E-state index in [1.165, 1.54) is 6.42 Å². The molecular formula is C13H21ClN4. The first kappa shape index (κ1) is 13.6. The van der Waals surface area contributed by atoms with Gasteiger partial charge in [-0.2, -0.15) is 0 Å². The van der Waals surface area contributed by atoms with Crippen LogP contribution in [0.2, 0.25) is 0 Å². The zero-order valence-electron chi connectivity index (χ0n) is 11.1. The van der Waals surface area contributed by atoms with E-state index in [2.05, 4.69) is 33.7 Å². The fourth-order valence-corrected chi connectivity index (χ4v) is 2.62. The molecule has 2 heterocycles. The lowest BCUT2D eigenvalue weighted by Crippen LogP contribution is -2.40. The molecule has 1 aromatic heterocycles. The fraction of sp³-hybridized carbons (Fsp3) is 0.692. The standard InChI is InChI=1S/C13H21ClN4/c1-3-12-10-17(2)5-4-6-18(12)13-9-15-8-11(7-14)16-13/h8-9,12H,3-7,10H2,1-2H3. The molecule has 0 spiro atoms. The topological polar surface area (TPSA) is 32.3 Å². The van der Waals surface area contributed by atoms with Gasteiger partial charge >= 0.3 is 0 Å². The largest absolute Gasteiger partial charge is 0.351 e. The molecule has 1 aromatic rings. The summed E-state index contributed by atoms with van der Waals surface area (Å²) in [4.78, 5) is 13.6. The molecule has 0 aromatic carbocycles. The summed E-state index contributed by atoms with van der Waals surface area (Å²) in [6.07, 6.45) is 5.88. The number of alkyl halides is 1. The third-order valence-corrected chi connectivity index (χ3v) is 3.75. The number of aromatic nitrogens is 2. The average molecular weight is 269 g/mol. The van der Waals surface area contributed by atoms with E-state index in [0.29, 0.717) is 11.9 Å². The third-order valence-electron chi connectivity index (χ3n) is 3.48. The van der Waals surface area contributed by atoms with Crippen LogP contribution in [0.25, 0.3) is 0 Å². The van der Waals surface area contributed by atoms with Crippen LogP contribution in [0.3, 0.4) is 0 Å². The van der Waals surface area contributed by atoms with Gasteiger partial charge in [-0.15, -0.1) is 11.6 Å². The Kier molecular flexibility index (Phi) is 4.78. The van der Waals surface area contributed by atoms with E-state index in [9.17, 15) is 0 Å². The van der Waals surface area contributed by atoms with Crippen LogP contribution in [-0.2, 0) is 5.88 Å². The minimum atomic E-state index is 0.422. The van der Waals surface area contributed by atoms with Gasteiger partial charge in [0.2, 0.25) is 0 Å². The number of nitrogens with zero attached hydrogens (tertiary/aromatic N) is 4. The zero-order valence-corrected chi connectivity index (χ0v) is 11.9. The predicted octanol–water partition coefficient (Wildman–Crippen LogP) is 2.14. The first-order chi connectivity index (χ1) is 8.74. The van der Waals surface area contributed by atoms with Crippen molar-refractivity contribution in [2.24, 2.45) is 0 Å². The Bertz CT molecular complexity index is 385. The minimum absolute atomic E-state index is 0.422. The van der Waals surface area contributed by atoms with Crippen molar-refractivity contribution in [3.63, 3.8) is 0 Å². The summed E-state index contributed by atoms with van der Waals surface area (Å²) >= 11 is 5.83. The van der Waals surface area contributed by atoms with Crippen molar-refractivity contribution in [1.29, 1.82) is 0 Å². The minimum Gasteiger partial charge on any atom is -0.351 e. The lowest BCUT2D eigenvalue weighted by molar-refractivity contribution is 0.327. The molecule has 2 rings (SSSR count). The maximum absolute atomic E-state index is 5.83.